The minimum atomic E-state index is -1.16. The Bertz CT molecular complexity index is 1170. The van der Waals surface area contributed by atoms with Gasteiger partial charge in [0.05, 0.1) is 0 Å². The van der Waals surface area contributed by atoms with E-state index in [1.54, 1.807) is 62.3 Å². The summed E-state index contributed by atoms with van der Waals surface area (Å²) in [5, 5.41) is 9.16. The van der Waals surface area contributed by atoms with Crippen molar-refractivity contribution >= 4 is 41.7 Å². The van der Waals surface area contributed by atoms with Gasteiger partial charge in [-0.1, -0.05) is 19.3 Å². The maximum Gasteiger partial charge on any atom is 0.333 e. The van der Waals surface area contributed by atoms with E-state index in [0.29, 0.717) is 30.9 Å². The van der Waals surface area contributed by atoms with E-state index in [1.807, 2.05) is 0 Å². The van der Waals surface area contributed by atoms with Crippen LogP contribution in [0.15, 0.2) is 0 Å². The molecule has 0 aromatic heterocycles. The number of urea groups is 1. The van der Waals surface area contributed by atoms with Gasteiger partial charge in [-0.2, -0.15) is 0 Å². The third kappa shape index (κ3) is 21.9. The Hall–Kier alpha value is -3.75. The van der Waals surface area contributed by atoms with E-state index in [-0.39, 0.29) is 32.1 Å². The van der Waals surface area contributed by atoms with Crippen LogP contribution in [-0.2, 0) is 47.8 Å². The topological polar surface area (TPSA) is 196 Å². The van der Waals surface area contributed by atoms with Gasteiger partial charge >= 0.3 is 29.9 Å². The molecule has 0 saturated carbocycles. The normalized spacial score (nSPS) is 14.8. The molecule has 0 bridgehead atoms. The number of hydroxylamine groups is 2. The van der Waals surface area contributed by atoms with Crippen molar-refractivity contribution in [3.63, 3.8) is 0 Å². The van der Waals surface area contributed by atoms with Crippen molar-refractivity contribution in [1.82, 2.24) is 21.0 Å². The minimum Gasteiger partial charge on any atom is -0.460 e. The van der Waals surface area contributed by atoms with Crippen molar-refractivity contribution < 1.29 is 52.6 Å². The fourth-order valence-corrected chi connectivity index (χ4v) is 4.84. The lowest BCUT2D eigenvalue weighted by molar-refractivity contribution is -0.197. The van der Waals surface area contributed by atoms with E-state index in [4.69, 9.17) is 19.0 Å². The lowest BCUT2D eigenvalue weighted by Gasteiger charge is -2.27. The van der Waals surface area contributed by atoms with Crippen molar-refractivity contribution in [3.8, 4) is 0 Å². The number of rotatable bonds is 21. The fraction of sp³-hybridized carbons (Fsp3) is 0.806. The predicted molar refractivity (Wildman–Crippen MR) is 188 cm³/mol. The van der Waals surface area contributed by atoms with E-state index >= 15 is 0 Å². The van der Waals surface area contributed by atoms with Gasteiger partial charge in [0.15, 0.2) is 0 Å². The van der Waals surface area contributed by atoms with Crippen molar-refractivity contribution in [2.75, 3.05) is 13.1 Å². The first kappa shape index (κ1) is 45.3. The first-order valence-corrected chi connectivity index (χ1v) is 18.1. The van der Waals surface area contributed by atoms with Crippen LogP contribution >= 0.6 is 0 Å². The molecule has 1 aliphatic heterocycles. The summed E-state index contributed by atoms with van der Waals surface area (Å²) in [4.78, 5) is 91.1. The molecular weight excluding hydrogens is 664 g/mol. The molecule has 0 aromatic rings. The SMILES string of the molecule is CC(C)(C)OC(=O)CC[C@H](NC(=O)N[C@@H](CCCCNCCCCCCCC(=O)ON1C(=O)CCC1=O)C(=O)OC(C)(C)C)C(=O)OC(C)(C)C. The Labute approximate surface area is 302 Å². The molecule has 15 nitrogen and oxygen atoms in total. The average molecular weight is 727 g/mol. The van der Waals surface area contributed by atoms with Crippen molar-refractivity contribution in [3.05, 3.63) is 0 Å². The molecule has 292 valence electrons. The maximum absolute atomic E-state index is 13.1. The number of carbonyl (C=O) groups excluding carboxylic acids is 7. The molecule has 51 heavy (non-hydrogen) atoms. The van der Waals surface area contributed by atoms with Gasteiger partial charge in [0.1, 0.15) is 28.9 Å². The quantitative estimate of drug-likeness (QED) is 0.0648. The molecule has 1 fully saturated rings. The zero-order valence-electron chi connectivity index (χ0n) is 32.2. The summed E-state index contributed by atoms with van der Waals surface area (Å²) in [7, 11) is 0. The van der Waals surface area contributed by atoms with Crippen molar-refractivity contribution in [2.24, 2.45) is 0 Å². The highest BCUT2D eigenvalue weighted by Crippen LogP contribution is 2.16. The van der Waals surface area contributed by atoms with Gasteiger partial charge in [-0.25, -0.2) is 19.2 Å². The second-order valence-electron chi connectivity index (χ2n) is 15.7. The zero-order valence-corrected chi connectivity index (χ0v) is 32.2. The first-order valence-electron chi connectivity index (χ1n) is 18.1. The number of hydrogen-bond acceptors (Lipinski definition) is 12. The van der Waals surface area contributed by atoms with Crippen LogP contribution in [-0.4, -0.2) is 88.8 Å². The Kier molecular flexibility index (Phi) is 19.2. The number of hydrogen-bond donors (Lipinski definition) is 3. The van der Waals surface area contributed by atoms with Crippen molar-refractivity contribution in [1.29, 1.82) is 0 Å². The summed E-state index contributed by atoms with van der Waals surface area (Å²) in [6.07, 6.45) is 6.03. The first-order chi connectivity index (χ1) is 23.6. The van der Waals surface area contributed by atoms with Gasteiger partial charge in [-0.05, 0) is 114 Å². The number of amides is 4. The third-order valence-corrected chi connectivity index (χ3v) is 7.08. The molecule has 0 aromatic carbocycles. The smallest absolute Gasteiger partial charge is 0.333 e. The standard InChI is InChI=1S/C36H62N4O11/c1-34(2,3)48-29(43)22-19-26(32(46)50-36(7,8)9)39-33(47)38-25(31(45)49-35(4,5)6)17-14-16-24-37-23-15-12-10-11-13-18-30(44)51-40-27(41)20-21-28(40)42/h25-26,37H,10-24H2,1-9H3,(H2,38,39,47)/t25-,26-/m0/s1. The van der Waals surface area contributed by atoms with Crippen LogP contribution in [0.1, 0.15) is 146 Å². The Morgan fingerprint density at radius 3 is 1.55 bits per heavy atom. The van der Waals surface area contributed by atoms with E-state index in [1.165, 1.54) is 0 Å². The molecule has 0 unspecified atom stereocenters. The molecule has 1 saturated heterocycles. The van der Waals surface area contributed by atoms with Crippen LogP contribution < -0.4 is 16.0 Å². The number of nitrogens with one attached hydrogen (secondary N) is 3. The Morgan fingerprint density at radius 1 is 0.588 bits per heavy atom. The zero-order chi connectivity index (χ0) is 38.8. The van der Waals surface area contributed by atoms with Gasteiger partial charge < -0.3 is 35.0 Å². The van der Waals surface area contributed by atoms with E-state index in [2.05, 4.69) is 16.0 Å². The second-order valence-corrected chi connectivity index (χ2v) is 15.7. The molecule has 0 spiro atoms. The Morgan fingerprint density at radius 2 is 1.04 bits per heavy atom. The number of ether oxygens (including phenoxy) is 3. The largest absolute Gasteiger partial charge is 0.460 e. The molecule has 1 aliphatic rings. The molecule has 15 heteroatoms. The molecule has 1 heterocycles. The van der Waals surface area contributed by atoms with Crippen molar-refractivity contribution in [2.45, 2.75) is 175 Å². The summed E-state index contributed by atoms with van der Waals surface area (Å²) >= 11 is 0. The number of unbranched alkanes of at least 4 members (excludes halogenated alkanes) is 5. The van der Waals surface area contributed by atoms with Crippen LogP contribution in [0.4, 0.5) is 4.79 Å². The number of esters is 3. The van der Waals surface area contributed by atoms with E-state index < -0.39 is 70.6 Å². The van der Waals surface area contributed by atoms with E-state index in [9.17, 15) is 33.6 Å². The highest BCUT2D eigenvalue weighted by Gasteiger charge is 2.33. The van der Waals surface area contributed by atoms with Gasteiger partial charge in [0, 0.05) is 25.7 Å². The van der Waals surface area contributed by atoms with Crippen LogP contribution in [0.3, 0.4) is 0 Å². The van der Waals surface area contributed by atoms with Crippen LogP contribution in [0, 0.1) is 0 Å². The summed E-state index contributed by atoms with van der Waals surface area (Å²) in [6.45, 7) is 17.0. The van der Waals surface area contributed by atoms with Gasteiger partial charge in [0.2, 0.25) is 0 Å². The number of nitrogens with zero attached hydrogens (tertiary/aromatic N) is 1. The number of carbonyl (C=O) groups is 7. The summed E-state index contributed by atoms with van der Waals surface area (Å²) in [5.74, 6) is -3.38. The van der Waals surface area contributed by atoms with Gasteiger partial charge in [0.25, 0.3) is 11.8 Å². The monoisotopic (exact) mass is 726 g/mol. The minimum absolute atomic E-state index is 0.0557. The molecule has 1 rings (SSSR count). The lowest BCUT2D eigenvalue weighted by atomic mass is 10.1. The molecule has 2 atom stereocenters. The molecule has 3 N–H and O–H groups in total. The summed E-state index contributed by atoms with van der Waals surface area (Å²) < 4.78 is 16.3. The molecule has 0 aliphatic carbocycles. The lowest BCUT2D eigenvalue weighted by Crippen LogP contribution is -2.53. The molecule has 0 radical (unpaired) electrons. The van der Waals surface area contributed by atoms with Crippen LogP contribution in [0.2, 0.25) is 0 Å². The second kappa shape index (κ2) is 21.6. The predicted octanol–water partition coefficient (Wildman–Crippen LogP) is 4.54. The van der Waals surface area contributed by atoms with Gasteiger partial charge in [-0.15, -0.1) is 5.06 Å². The fourth-order valence-electron chi connectivity index (χ4n) is 4.84. The molecule has 4 amide bonds. The highest BCUT2D eigenvalue weighted by atomic mass is 16.7. The summed E-state index contributed by atoms with van der Waals surface area (Å²) in [5.41, 5.74) is -2.31. The van der Waals surface area contributed by atoms with Gasteiger partial charge in [-0.3, -0.25) is 14.4 Å². The summed E-state index contributed by atoms with van der Waals surface area (Å²) in [6, 6.07) is -2.89. The maximum atomic E-state index is 13.1. The van der Waals surface area contributed by atoms with Crippen LogP contribution in [0.25, 0.3) is 0 Å². The average Bonchev–Trinajstić information content (AvgIpc) is 3.28. The molecular formula is C36H62N4O11. The highest BCUT2D eigenvalue weighted by molar-refractivity contribution is 6.01. The number of imide groups is 1. The Balaban J connectivity index is 2.50. The third-order valence-electron chi connectivity index (χ3n) is 7.08. The van der Waals surface area contributed by atoms with Crippen LogP contribution in [0.5, 0.6) is 0 Å². The van der Waals surface area contributed by atoms with E-state index in [0.717, 1.165) is 38.6 Å².